The Morgan fingerprint density at radius 1 is 1.17 bits per heavy atom. The Bertz CT molecular complexity index is 529. The van der Waals surface area contributed by atoms with Crippen LogP contribution in [0.4, 0.5) is 0 Å². The number of amides is 1. The van der Waals surface area contributed by atoms with Crippen LogP contribution in [0.1, 0.15) is 38.2 Å². The van der Waals surface area contributed by atoms with Crippen molar-refractivity contribution < 1.29 is 24.2 Å². The van der Waals surface area contributed by atoms with Gasteiger partial charge in [0.05, 0.1) is 25.7 Å². The van der Waals surface area contributed by atoms with Crippen LogP contribution in [-0.4, -0.2) is 43.3 Å². The first-order valence-corrected chi connectivity index (χ1v) is 8.03. The average molecular weight is 337 g/mol. The highest BCUT2D eigenvalue weighted by Gasteiger charge is 2.29. The zero-order valence-corrected chi connectivity index (χ0v) is 14.6. The largest absolute Gasteiger partial charge is 0.497 e. The Labute approximate surface area is 143 Å². The highest BCUT2D eigenvalue weighted by Crippen LogP contribution is 2.14. The molecule has 1 aromatic carbocycles. The second-order valence-corrected chi connectivity index (χ2v) is 6.17. The topological polar surface area (TPSA) is 84.9 Å². The van der Waals surface area contributed by atoms with Gasteiger partial charge in [-0.2, -0.15) is 0 Å². The van der Waals surface area contributed by atoms with E-state index in [9.17, 15) is 9.59 Å². The van der Waals surface area contributed by atoms with Gasteiger partial charge < -0.3 is 19.9 Å². The van der Waals surface area contributed by atoms with Crippen molar-refractivity contribution in [2.45, 2.75) is 44.6 Å². The smallest absolute Gasteiger partial charge is 0.305 e. The summed E-state index contributed by atoms with van der Waals surface area (Å²) in [4.78, 5) is 23.0. The first-order chi connectivity index (χ1) is 11.4. The lowest BCUT2D eigenvalue weighted by Crippen LogP contribution is -2.50. The molecule has 0 aliphatic heterocycles. The van der Waals surface area contributed by atoms with Gasteiger partial charge in [-0.3, -0.25) is 9.59 Å². The molecule has 1 aromatic rings. The summed E-state index contributed by atoms with van der Waals surface area (Å²) >= 11 is 0. The number of aryl methyl sites for hydroxylation is 1. The van der Waals surface area contributed by atoms with Gasteiger partial charge >= 0.3 is 5.97 Å². The number of hydrogen-bond acceptors (Lipinski definition) is 4. The second-order valence-electron chi connectivity index (χ2n) is 6.17. The third-order valence-corrected chi connectivity index (χ3v) is 3.72. The van der Waals surface area contributed by atoms with E-state index in [0.717, 1.165) is 25.0 Å². The van der Waals surface area contributed by atoms with Crippen molar-refractivity contribution >= 4 is 11.9 Å². The minimum absolute atomic E-state index is 0.148. The number of carbonyl (C=O) groups excluding carboxylic acids is 1. The molecule has 134 valence electrons. The summed E-state index contributed by atoms with van der Waals surface area (Å²) in [5.74, 6) is -0.283. The number of methoxy groups -OCH3 is 2. The molecule has 0 aliphatic carbocycles. The van der Waals surface area contributed by atoms with E-state index in [0.29, 0.717) is 6.42 Å². The Morgan fingerprint density at radius 3 is 2.38 bits per heavy atom. The zero-order chi connectivity index (χ0) is 18.0. The molecule has 2 N–H and O–H groups in total. The van der Waals surface area contributed by atoms with Crippen molar-refractivity contribution in [3.63, 3.8) is 0 Å². The maximum atomic E-state index is 12.0. The molecule has 1 unspecified atom stereocenters. The van der Waals surface area contributed by atoms with E-state index in [1.54, 1.807) is 14.0 Å². The molecular weight excluding hydrogens is 310 g/mol. The molecule has 0 saturated carbocycles. The molecule has 1 rings (SSSR count). The third kappa shape index (κ3) is 7.46. The number of hydrogen-bond donors (Lipinski definition) is 2. The zero-order valence-electron chi connectivity index (χ0n) is 14.6. The lowest BCUT2D eigenvalue weighted by atomic mass is 9.98. The van der Waals surface area contributed by atoms with Gasteiger partial charge in [0.1, 0.15) is 5.75 Å². The van der Waals surface area contributed by atoms with E-state index >= 15 is 0 Å². The van der Waals surface area contributed by atoms with Crippen molar-refractivity contribution in [3.8, 4) is 5.75 Å². The summed E-state index contributed by atoms with van der Waals surface area (Å²) < 4.78 is 10.1. The summed E-state index contributed by atoms with van der Waals surface area (Å²) in [6.45, 7) is 1.84. The first-order valence-electron chi connectivity index (χ1n) is 8.03. The molecule has 0 radical (unpaired) electrons. The van der Waals surface area contributed by atoms with Gasteiger partial charge in [0, 0.05) is 13.5 Å². The second kappa shape index (κ2) is 9.93. The van der Waals surface area contributed by atoms with Crippen molar-refractivity contribution in [3.05, 3.63) is 29.8 Å². The molecule has 1 amide bonds. The van der Waals surface area contributed by atoms with Crippen LogP contribution in [0.15, 0.2) is 24.3 Å². The number of aliphatic carboxylic acids is 1. The number of carbonyl (C=O) groups is 2. The van der Waals surface area contributed by atoms with E-state index < -0.39 is 11.5 Å². The van der Waals surface area contributed by atoms with Crippen molar-refractivity contribution in [1.29, 1.82) is 0 Å². The summed E-state index contributed by atoms with van der Waals surface area (Å²) in [6.07, 6.45) is 2.73. The quantitative estimate of drug-likeness (QED) is 0.606. The van der Waals surface area contributed by atoms with Crippen LogP contribution in [0, 0.1) is 0 Å². The van der Waals surface area contributed by atoms with Crippen LogP contribution in [0.2, 0.25) is 0 Å². The molecular formula is C18H27NO5. The van der Waals surface area contributed by atoms with E-state index in [1.807, 2.05) is 24.3 Å². The lowest BCUT2D eigenvalue weighted by Gasteiger charge is -2.28. The van der Waals surface area contributed by atoms with Gasteiger partial charge in [-0.1, -0.05) is 12.1 Å². The van der Waals surface area contributed by atoms with Crippen molar-refractivity contribution in [2.75, 3.05) is 20.8 Å². The molecule has 6 heteroatoms. The highest BCUT2D eigenvalue weighted by atomic mass is 16.5. The number of carboxylic acids is 1. The normalized spacial score (nSPS) is 13.1. The molecule has 6 nitrogen and oxygen atoms in total. The lowest BCUT2D eigenvalue weighted by molar-refractivity contribution is -0.139. The van der Waals surface area contributed by atoms with Gasteiger partial charge in [0.25, 0.3) is 0 Å². The van der Waals surface area contributed by atoms with Crippen LogP contribution in [0.5, 0.6) is 5.75 Å². The molecule has 0 bridgehead atoms. The molecule has 0 heterocycles. The number of unbranched alkanes of at least 4 members (excludes halogenated alkanes) is 1. The maximum absolute atomic E-state index is 12.0. The Balaban J connectivity index is 2.35. The number of benzene rings is 1. The van der Waals surface area contributed by atoms with Gasteiger partial charge in [0.2, 0.25) is 5.91 Å². The van der Waals surface area contributed by atoms with Crippen LogP contribution in [0.3, 0.4) is 0 Å². The molecule has 1 atom stereocenters. The predicted molar refractivity (Wildman–Crippen MR) is 91.2 cm³/mol. The van der Waals surface area contributed by atoms with Crippen LogP contribution in [0.25, 0.3) is 0 Å². The van der Waals surface area contributed by atoms with Gasteiger partial charge in [-0.25, -0.2) is 0 Å². The van der Waals surface area contributed by atoms with Gasteiger partial charge in [0.15, 0.2) is 0 Å². The van der Waals surface area contributed by atoms with Gasteiger partial charge in [-0.15, -0.1) is 0 Å². The molecule has 0 aliphatic rings. The molecule has 24 heavy (non-hydrogen) atoms. The number of ether oxygens (including phenoxy) is 2. The average Bonchev–Trinajstić information content (AvgIpc) is 2.51. The van der Waals surface area contributed by atoms with E-state index in [2.05, 4.69) is 5.32 Å². The van der Waals surface area contributed by atoms with E-state index in [-0.39, 0.29) is 18.9 Å². The summed E-state index contributed by atoms with van der Waals surface area (Å²) in [7, 11) is 3.12. The number of carboxylic acid groups (broad SMARTS) is 1. The van der Waals surface area contributed by atoms with E-state index in [4.69, 9.17) is 14.6 Å². The fourth-order valence-corrected chi connectivity index (χ4v) is 2.59. The predicted octanol–water partition coefficient (Wildman–Crippen LogP) is 2.40. The number of rotatable bonds is 11. The minimum Gasteiger partial charge on any atom is -0.497 e. The number of nitrogens with one attached hydrogen (secondary N) is 1. The molecule has 0 spiro atoms. The summed E-state index contributed by atoms with van der Waals surface area (Å²) in [5, 5.41) is 11.7. The Hall–Kier alpha value is -2.08. The van der Waals surface area contributed by atoms with Crippen molar-refractivity contribution in [1.82, 2.24) is 5.32 Å². The standard InChI is InChI=1S/C18H27NO5/c1-18(13-23-2,12-17(21)22)19-16(20)7-5-4-6-14-8-10-15(24-3)11-9-14/h8-11H,4-7,12-13H2,1-3H3,(H,19,20)(H,21,22). The maximum Gasteiger partial charge on any atom is 0.305 e. The third-order valence-electron chi connectivity index (χ3n) is 3.72. The SMILES string of the molecule is COCC(C)(CC(=O)O)NC(=O)CCCCc1ccc(OC)cc1. The molecule has 0 saturated heterocycles. The van der Waals surface area contributed by atoms with E-state index in [1.165, 1.54) is 12.7 Å². The Morgan fingerprint density at radius 2 is 1.83 bits per heavy atom. The minimum atomic E-state index is -0.964. The fourth-order valence-electron chi connectivity index (χ4n) is 2.59. The highest BCUT2D eigenvalue weighted by molar-refractivity contribution is 5.78. The van der Waals surface area contributed by atoms with Gasteiger partial charge in [-0.05, 0) is 43.9 Å². The van der Waals surface area contributed by atoms with Crippen LogP contribution in [-0.2, 0) is 20.7 Å². The summed E-state index contributed by atoms with van der Waals surface area (Å²) in [5.41, 5.74) is 0.319. The fraction of sp³-hybridized carbons (Fsp3) is 0.556. The first kappa shape index (κ1) is 20.0. The molecule has 0 fully saturated rings. The monoisotopic (exact) mass is 337 g/mol. The van der Waals surface area contributed by atoms with Crippen LogP contribution >= 0.6 is 0 Å². The van der Waals surface area contributed by atoms with Crippen LogP contribution < -0.4 is 10.1 Å². The molecule has 0 aromatic heterocycles. The summed E-state index contributed by atoms with van der Waals surface area (Å²) in [6, 6.07) is 7.87. The van der Waals surface area contributed by atoms with Crippen molar-refractivity contribution in [2.24, 2.45) is 0 Å². The Kier molecular flexibility index (Phi) is 8.26.